The van der Waals surface area contributed by atoms with Crippen LogP contribution in [0.15, 0.2) is 42.2 Å². The van der Waals surface area contributed by atoms with E-state index < -0.39 is 10.8 Å². The van der Waals surface area contributed by atoms with Crippen molar-refractivity contribution in [3.63, 3.8) is 0 Å². The van der Waals surface area contributed by atoms with Crippen LogP contribution in [0.1, 0.15) is 52.2 Å². The molecule has 154 valence electrons. The third-order valence-corrected chi connectivity index (χ3v) is 6.16. The topological polar surface area (TPSA) is 46.5 Å². The quantitative estimate of drug-likeness (QED) is 0.595. The first-order chi connectivity index (χ1) is 13.5. The van der Waals surface area contributed by atoms with E-state index in [4.69, 9.17) is 16.3 Å². The Hall–Kier alpha value is -2.26. The molecule has 0 radical (unpaired) electrons. The predicted molar refractivity (Wildman–Crippen MR) is 120 cm³/mol. The van der Waals surface area contributed by atoms with Crippen molar-refractivity contribution >= 4 is 23.0 Å². The van der Waals surface area contributed by atoms with Gasteiger partial charge < -0.3 is 9.84 Å². The first-order valence-corrected chi connectivity index (χ1v) is 10.4. The molecule has 0 aromatic heterocycles. The van der Waals surface area contributed by atoms with Crippen LogP contribution in [0.2, 0.25) is 5.02 Å². The molecule has 0 heterocycles. The van der Waals surface area contributed by atoms with E-state index in [9.17, 15) is 9.90 Å². The van der Waals surface area contributed by atoms with Crippen LogP contribution in [0.5, 0.6) is 5.75 Å². The summed E-state index contributed by atoms with van der Waals surface area (Å²) in [4.78, 5) is 13.4. The first-order valence-electron chi connectivity index (χ1n) is 9.97. The number of carbonyl (C=O) groups excluding carboxylic acids is 1. The van der Waals surface area contributed by atoms with E-state index in [1.165, 1.54) is 0 Å². The van der Waals surface area contributed by atoms with Gasteiger partial charge in [-0.3, -0.25) is 4.79 Å². The molecule has 3 nitrogen and oxygen atoms in total. The molecule has 29 heavy (non-hydrogen) atoms. The molecule has 1 aliphatic rings. The molecular weight excluding hydrogens is 384 g/mol. The number of ether oxygens (including phenoxy) is 1. The van der Waals surface area contributed by atoms with E-state index in [1.807, 2.05) is 58.0 Å². The second-order valence-electron chi connectivity index (χ2n) is 9.07. The predicted octanol–water partition coefficient (Wildman–Crippen LogP) is 6.87. The van der Waals surface area contributed by atoms with E-state index in [0.717, 1.165) is 28.7 Å². The summed E-state index contributed by atoms with van der Waals surface area (Å²) in [7, 11) is 1.59. The number of aliphatic hydroxyl groups excluding tert-OH is 1. The Morgan fingerprint density at radius 1 is 1.03 bits per heavy atom. The summed E-state index contributed by atoms with van der Waals surface area (Å²) in [6.45, 7) is 9.98. The average Bonchev–Trinajstić information content (AvgIpc) is 2.66. The fraction of sp³-hybridized carbons (Fsp3) is 0.400. The summed E-state index contributed by atoms with van der Waals surface area (Å²) in [5.41, 5.74) is 3.19. The molecule has 0 aliphatic heterocycles. The van der Waals surface area contributed by atoms with Crippen molar-refractivity contribution in [2.75, 3.05) is 7.11 Å². The summed E-state index contributed by atoms with van der Waals surface area (Å²) in [5.74, 6) is 0.778. The maximum absolute atomic E-state index is 13.4. The third kappa shape index (κ3) is 3.81. The number of carbonyl (C=O) groups is 1. The normalized spacial score (nSPS) is 18.1. The zero-order valence-corrected chi connectivity index (χ0v) is 18.8. The van der Waals surface area contributed by atoms with Crippen molar-refractivity contribution in [1.82, 2.24) is 0 Å². The number of halogens is 1. The molecule has 0 unspecified atom stereocenters. The number of rotatable bonds is 4. The minimum atomic E-state index is -0.532. The standard InChI is InChI=1S/C25H29ClO3/c1-7-15-8-9-16(17-10-11-19(26)20(13-17)29-6)12-18(15)21-22(27)24(2,3)14-25(4,5)23(21)28/h8-13,27H,7,14H2,1-6H3. The van der Waals surface area contributed by atoms with Gasteiger partial charge in [0.15, 0.2) is 5.78 Å². The van der Waals surface area contributed by atoms with E-state index >= 15 is 0 Å². The van der Waals surface area contributed by atoms with E-state index in [0.29, 0.717) is 22.8 Å². The van der Waals surface area contributed by atoms with Gasteiger partial charge >= 0.3 is 0 Å². The number of Topliss-reactive ketones (excluding diaryl/α,β-unsaturated/α-hetero) is 1. The third-order valence-electron chi connectivity index (χ3n) is 5.85. The molecule has 0 atom stereocenters. The van der Waals surface area contributed by atoms with Crippen LogP contribution in [0, 0.1) is 10.8 Å². The zero-order chi connectivity index (χ0) is 21.6. The summed E-state index contributed by atoms with van der Waals surface area (Å²) in [6.07, 6.45) is 1.38. The molecule has 1 aliphatic carbocycles. The molecule has 0 saturated carbocycles. The van der Waals surface area contributed by atoms with Crippen molar-refractivity contribution < 1.29 is 14.6 Å². The van der Waals surface area contributed by atoms with E-state index in [2.05, 4.69) is 6.92 Å². The van der Waals surface area contributed by atoms with E-state index in [1.54, 1.807) is 13.2 Å². The van der Waals surface area contributed by atoms with Gasteiger partial charge in [-0.1, -0.05) is 64.4 Å². The SMILES string of the molecule is CCc1ccc(-c2ccc(Cl)c(OC)c2)cc1C1=C(O)C(C)(C)CC(C)(C)C1=O. The largest absolute Gasteiger partial charge is 0.511 e. The highest BCUT2D eigenvalue weighted by Gasteiger charge is 2.46. The van der Waals surface area contributed by atoms with Crippen molar-refractivity contribution in [3.8, 4) is 16.9 Å². The fourth-order valence-electron chi connectivity index (χ4n) is 4.44. The number of methoxy groups -OCH3 is 1. The van der Waals surface area contributed by atoms with Crippen LogP contribution >= 0.6 is 11.6 Å². The van der Waals surface area contributed by atoms with Crippen LogP contribution in [-0.2, 0) is 11.2 Å². The lowest BCUT2D eigenvalue weighted by Gasteiger charge is -2.40. The molecule has 0 fully saturated rings. The molecular formula is C25H29ClO3. The van der Waals surface area contributed by atoms with Crippen molar-refractivity contribution in [2.24, 2.45) is 10.8 Å². The average molecular weight is 413 g/mol. The Kier molecular flexibility index (Phi) is 5.57. The summed E-state index contributed by atoms with van der Waals surface area (Å²) >= 11 is 6.18. The van der Waals surface area contributed by atoms with Gasteiger partial charge in [0, 0.05) is 10.8 Å². The maximum Gasteiger partial charge on any atom is 0.172 e. The monoisotopic (exact) mass is 412 g/mol. The number of hydrogen-bond donors (Lipinski definition) is 1. The second kappa shape index (κ2) is 7.53. The maximum atomic E-state index is 13.4. The lowest BCUT2D eigenvalue weighted by Crippen LogP contribution is -2.38. The highest BCUT2D eigenvalue weighted by Crippen LogP contribution is 2.49. The highest BCUT2D eigenvalue weighted by atomic mass is 35.5. The smallest absolute Gasteiger partial charge is 0.172 e. The van der Waals surface area contributed by atoms with Crippen molar-refractivity contribution in [1.29, 1.82) is 0 Å². The molecule has 0 spiro atoms. The fourth-order valence-corrected chi connectivity index (χ4v) is 4.63. The number of ketones is 1. The number of allylic oxidation sites excluding steroid dienone is 2. The van der Waals surface area contributed by atoms with Crippen LogP contribution < -0.4 is 4.74 Å². The van der Waals surface area contributed by atoms with Crippen LogP contribution in [0.4, 0.5) is 0 Å². The lowest BCUT2D eigenvalue weighted by molar-refractivity contribution is -0.124. The number of aliphatic hydroxyl groups is 1. The van der Waals surface area contributed by atoms with Gasteiger partial charge in [-0.05, 0) is 53.3 Å². The molecule has 1 N–H and O–H groups in total. The first kappa shape index (κ1) is 21.4. The molecule has 4 heteroatoms. The van der Waals surface area contributed by atoms with Crippen LogP contribution in [0.25, 0.3) is 16.7 Å². The summed E-state index contributed by atoms with van der Waals surface area (Å²) in [5, 5.41) is 11.6. The molecule has 3 rings (SSSR count). The van der Waals surface area contributed by atoms with Gasteiger partial charge in [-0.2, -0.15) is 0 Å². The van der Waals surface area contributed by atoms with Crippen molar-refractivity contribution in [2.45, 2.75) is 47.5 Å². The zero-order valence-electron chi connectivity index (χ0n) is 18.0. The summed E-state index contributed by atoms with van der Waals surface area (Å²) < 4.78 is 5.35. The highest BCUT2D eigenvalue weighted by molar-refractivity contribution is 6.32. The van der Waals surface area contributed by atoms with Gasteiger partial charge in [-0.15, -0.1) is 0 Å². The Bertz CT molecular complexity index is 999. The van der Waals surface area contributed by atoms with Crippen LogP contribution in [0.3, 0.4) is 0 Å². The molecule has 0 amide bonds. The van der Waals surface area contributed by atoms with Gasteiger partial charge in [0.05, 0.1) is 17.7 Å². The molecule has 0 bridgehead atoms. The van der Waals surface area contributed by atoms with Gasteiger partial charge in [0.1, 0.15) is 11.5 Å². The van der Waals surface area contributed by atoms with Gasteiger partial charge in [-0.25, -0.2) is 0 Å². The minimum Gasteiger partial charge on any atom is -0.511 e. The Morgan fingerprint density at radius 2 is 1.66 bits per heavy atom. The van der Waals surface area contributed by atoms with Crippen LogP contribution in [-0.4, -0.2) is 18.0 Å². The molecule has 2 aromatic rings. The number of aryl methyl sites for hydroxylation is 1. The van der Waals surface area contributed by atoms with Gasteiger partial charge in [0.2, 0.25) is 0 Å². The Balaban J connectivity index is 2.24. The molecule has 2 aromatic carbocycles. The second-order valence-corrected chi connectivity index (χ2v) is 9.48. The lowest BCUT2D eigenvalue weighted by atomic mass is 9.63. The van der Waals surface area contributed by atoms with E-state index in [-0.39, 0.29) is 11.5 Å². The minimum absolute atomic E-state index is 0.00476. The Labute approximate surface area is 178 Å². The van der Waals surface area contributed by atoms with Crippen molar-refractivity contribution in [3.05, 3.63) is 58.3 Å². The number of hydrogen-bond acceptors (Lipinski definition) is 3. The number of benzene rings is 2. The Morgan fingerprint density at radius 3 is 2.28 bits per heavy atom. The molecule has 0 saturated heterocycles. The summed E-state index contributed by atoms with van der Waals surface area (Å²) in [6, 6.07) is 11.7. The van der Waals surface area contributed by atoms with Gasteiger partial charge in [0.25, 0.3) is 0 Å².